The number of carbonyl (C=O) groups is 3. The minimum atomic E-state index is -3.53. The molecule has 0 aromatic heterocycles. The van der Waals surface area contributed by atoms with E-state index in [1.807, 2.05) is 0 Å². The lowest BCUT2D eigenvalue weighted by molar-refractivity contribution is -0.201. The van der Waals surface area contributed by atoms with E-state index in [2.05, 4.69) is 0 Å². The first-order valence-electron chi connectivity index (χ1n) is 7.31. The van der Waals surface area contributed by atoms with Crippen LogP contribution in [0.3, 0.4) is 0 Å². The van der Waals surface area contributed by atoms with Crippen molar-refractivity contribution in [2.24, 2.45) is 5.92 Å². The number of hydroxylamine groups is 2. The van der Waals surface area contributed by atoms with Crippen LogP contribution in [0.2, 0.25) is 0 Å². The van der Waals surface area contributed by atoms with Crippen molar-refractivity contribution in [3.8, 4) is 0 Å². The highest BCUT2D eigenvalue weighted by atomic mass is 32.2. The minimum Gasteiger partial charge on any atom is -0.329 e. The monoisotopic (exact) mass is 332 g/mol. The summed E-state index contributed by atoms with van der Waals surface area (Å²) in [6.07, 6.45) is 1.22. The summed E-state index contributed by atoms with van der Waals surface area (Å²) in [5.41, 5.74) is 0. The van der Waals surface area contributed by atoms with Crippen molar-refractivity contribution in [3.63, 3.8) is 0 Å². The van der Waals surface area contributed by atoms with Gasteiger partial charge >= 0.3 is 5.97 Å². The summed E-state index contributed by atoms with van der Waals surface area (Å²) in [6.45, 7) is 3.63. The normalized spacial score (nSPS) is 23.9. The van der Waals surface area contributed by atoms with Gasteiger partial charge in [0, 0.05) is 19.4 Å². The van der Waals surface area contributed by atoms with Crippen molar-refractivity contribution in [2.45, 2.75) is 45.6 Å². The van der Waals surface area contributed by atoms with E-state index >= 15 is 0 Å². The molecule has 0 aromatic rings. The third-order valence-electron chi connectivity index (χ3n) is 3.76. The van der Waals surface area contributed by atoms with E-state index in [0.717, 1.165) is 4.31 Å². The van der Waals surface area contributed by atoms with Crippen molar-refractivity contribution in [3.05, 3.63) is 0 Å². The van der Waals surface area contributed by atoms with Crippen molar-refractivity contribution in [1.82, 2.24) is 9.37 Å². The summed E-state index contributed by atoms with van der Waals surface area (Å²) in [5, 5.41) is 0.453. The number of rotatable bonds is 4. The van der Waals surface area contributed by atoms with Gasteiger partial charge in [0.2, 0.25) is 10.0 Å². The van der Waals surface area contributed by atoms with Crippen LogP contribution in [0.1, 0.15) is 39.5 Å². The second kappa shape index (κ2) is 6.33. The first kappa shape index (κ1) is 16.9. The molecule has 2 aliphatic rings. The van der Waals surface area contributed by atoms with Gasteiger partial charge in [0.25, 0.3) is 11.8 Å². The van der Waals surface area contributed by atoms with Gasteiger partial charge in [-0.05, 0) is 18.8 Å². The molecule has 22 heavy (non-hydrogen) atoms. The summed E-state index contributed by atoms with van der Waals surface area (Å²) in [5.74, 6) is -2.40. The number of nitrogens with zero attached hydrogens (tertiary/aromatic N) is 2. The fourth-order valence-electron chi connectivity index (χ4n) is 2.64. The zero-order valence-corrected chi connectivity index (χ0v) is 13.5. The molecule has 2 aliphatic heterocycles. The van der Waals surface area contributed by atoms with Gasteiger partial charge in [0.15, 0.2) is 0 Å². The molecule has 2 saturated heterocycles. The number of amides is 2. The third-order valence-corrected chi connectivity index (χ3v) is 5.69. The van der Waals surface area contributed by atoms with Crippen LogP contribution in [0, 0.1) is 5.92 Å². The van der Waals surface area contributed by atoms with E-state index in [4.69, 9.17) is 4.84 Å². The molecule has 1 atom stereocenters. The van der Waals surface area contributed by atoms with Crippen LogP contribution in [0.4, 0.5) is 0 Å². The predicted octanol–water partition coefficient (Wildman–Crippen LogP) is 0.0438. The van der Waals surface area contributed by atoms with Crippen LogP contribution in [-0.2, 0) is 29.2 Å². The van der Waals surface area contributed by atoms with Crippen molar-refractivity contribution in [2.75, 3.05) is 12.3 Å². The third kappa shape index (κ3) is 3.30. The molecule has 0 radical (unpaired) electrons. The van der Waals surface area contributed by atoms with Crippen LogP contribution in [0.15, 0.2) is 0 Å². The summed E-state index contributed by atoms with van der Waals surface area (Å²) < 4.78 is 25.5. The topological polar surface area (TPSA) is 101 Å². The molecule has 2 heterocycles. The maximum atomic E-state index is 12.3. The molecule has 9 heteroatoms. The van der Waals surface area contributed by atoms with Crippen LogP contribution >= 0.6 is 0 Å². The Morgan fingerprint density at radius 2 is 1.73 bits per heavy atom. The average Bonchev–Trinajstić information content (AvgIpc) is 2.72. The van der Waals surface area contributed by atoms with E-state index in [1.165, 1.54) is 0 Å². The fraction of sp³-hybridized carbons (Fsp3) is 0.769. The van der Waals surface area contributed by atoms with Gasteiger partial charge in [-0.2, -0.15) is 4.31 Å². The lowest BCUT2D eigenvalue weighted by Crippen LogP contribution is -2.53. The quantitative estimate of drug-likeness (QED) is 0.674. The van der Waals surface area contributed by atoms with Gasteiger partial charge in [0.05, 0.1) is 5.75 Å². The average molecular weight is 332 g/mol. The molecule has 124 valence electrons. The zero-order chi connectivity index (χ0) is 16.5. The Hall–Kier alpha value is -1.48. The SMILES string of the molecule is CC(C)[C@@H](C(=O)ON1C(=O)CCC1=O)N1CCCCS1(=O)=O. The zero-order valence-electron chi connectivity index (χ0n) is 12.6. The highest BCUT2D eigenvalue weighted by molar-refractivity contribution is 7.89. The lowest BCUT2D eigenvalue weighted by atomic mass is 10.0. The molecule has 2 rings (SSSR count). The molecule has 0 aromatic carbocycles. The van der Waals surface area contributed by atoms with Gasteiger partial charge < -0.3 is 4.84 Å². The Morgan fingerprint density at radius 1 is 1.14 bits per heavy atom. The molecule has 8 nitrogen and oxygen atoms in total. The summed E-state index contributed by atoms with van der Waals surface area (Å²) in [6, 6.07) is -1.04. The van der Waals surface area contributed by atoms with Crippen LogP contribution in [0.5, 0.6) is 0 Å². The van der Waals surface area contributed by atoms with Crippen LogP contribution in [-0.4, -0.2) is 53.9 Å². The Balaban J connectivity index is 2.19. The predicted molar refractivity (Wildman–Crippen MR) is 75.5 cm³/mol. The second-order valence-corrected chi connectivity index (χ2v) is 7.86. The Morgan fingerprint density at radius 3 is 2.23 bits per heavy atom. The molecular weight excluding hydrogens is 312 g/mol. The van der Waals surface area contributed by atoms with E-state index in [9.17, 15) is 22.8 Å². The van der Waals surface area contributed by atoms with Gasteiger partial charge in [-0.25, -0.2) is 13.2 Å². The smallest absolute Gasteiger partial charge is 0.329 e. The molecule has 0 unspecified atom stereocenters. The van der Waals surface area contributed by atoms with E-state index < -0.39 is 33.8 Å². The van der Waals surface area contributed by atoms with Crippen LogP contribution in [0.25, 0.3) is 0 Å². The highest BCUT2D eigenvalue weighted by Gasteiger charge is 2.42. The number of imide groups is 1. The Kier molecular flexibility index (Phi) is 4.86. The van der Waals surface area contributed by atoms with Crippen molar-refractivity contribution in [1.29, 1.82) is 0 Å². The van der Waals surface area contributed by atoms with Gasteiger partial charge in [-0.1, -0.05) is 13.8 Å². The maximum absolute atomic E-state index is 12.3. The Labute approximate surface area is 129 Å². The summed E-state index contributed by atoms with van der Waals surface area (Å²) in [4.78, 5) is 40.3. The Bertz CT molecular complexity index is 569. The summed E-state index contributed by atoms with van der Waals surface area (Å²) >= 11 is 0. The molecule has 0 bridgehead atoms. The number of hydrogen-bond donors (Lipinski definition) is 0. The molecule has 0 aliphatic carbocycles. The molecule has 2 fully saturated rings. The first-order chi connectivity index (χ1) is 10.2. The van der Waals surface area contributed by atoms with E-state index in [1.54, 1.807) is 13.8 Å². The largest absolute Gasteiger partial charge is 0.351 e. The fourth-order valence-corrected chi connectivity index (χ4v) is 4.53. The minimum absolute atomic E-state index is 0.000468. The van der Waals surface area contributed by atoms with Gasteiger partial charge in [-0.15, -0.1) is 5.06 Å². The van der Waals surface area contributed by atoms with Crippen LogP contribution < -0.4 is 0 Å². The molecule has 2 amide bonds. The van der Waals surface area contributed by atoms with Crippen molar-refractivity contribution >= 4 is 27.8 Å². The van der Waals surface area contributed by atoms with Crippen molar-refractivity contribution < 1.29 is 27.6 Å². The molecule has 0 saturated carbocycles. The maximum Gasteiger partial charge on any atom is 0.351 e. The van der Waals surface area contributed by atoms with E-state index in [0.29, 0.717) is 17.9 Å². The highest BCUT2D eigenvalue weighted by Crippen LogP contribution is 2.23. The second-order valence-electron chi connectivity index (χ2n) is 5.81. The van der Waals surface area contributed by atoms with Gasteiger partial charge in [-0.3, -0.25) is 9.59 Å². The number of hydrogen-bond acceptors (Lipinski definition) is 6. The number of sulfonamides is 1. The lowest BCUT2D eigenvalue weighted by Gasteiger charge is -2.34. The number of carbonyl (C=O) groups excluding carboxylic acids is 3. The molecule has 0 N–H and O–H groups in total. The first-order valence-corrected chi connectivity index (χ1v) is 8.92. The molecular formula is C13H20N2O6S. The van der Waals surface area contributed by atoms with Gasteiger partial charge in [0.1, 0.15) is 6.04 Å². The standard InChI is InChI=1S/C13H20N2O6S/c1-9(2)12(14-7-3-4-8-22(14,19)20)13(18)21-15-10(16)5-6-11(15)17/h9,12H,3-8H2,1-2H3/t12-/m0/s1. The molecule has 0 spiro atoms. The summed E-state index contributed by atoms with van der Waals surface area (Å²) in [7, 11) is -3.53. The van der Waals surface area contributed by atoms with E-state index in [-0.39, 0.29) is 31.1 Å².